The molecule has 10 heteroatoms. The number of carbonyl (C=O) groups is 1. The van der Waals surface area contributed by atoms with Crippen LogP contribution in [0, 0.1) is 6.92 Å². The standard InChI is InChI=1S/C18H17Cl2N5O2S/c1-11-13(19)9-21-16(15(11)20)22-14(26)10-28-18-24-23-17(27)25(18)8-7-12-5-3-2-4-6-12/h2-6,9H,7-8,10H2,1H3,(H,23,27)(H,21,22,26). The highest BCUT2D eigenvalue weighted by Crippen LogP contribution is 2.28. The van der Waals surface area contributed by atoms with Crippen LogP contribution in [0.4, 0.5) is 5.82 Å². The lowest BCUT2D eigenvalue weighted by molar-refractivity contribution is -0.113. The van der Waals surface area contributed by atoms with Crippen molar-refractivity contribution in [1.29, 1.82) is 0 Å². The molecule has 1 amide bonds. The van der Waals surface area contributed by atoms with Gasteiger partial charge in [-0.25, -0.2) is 14.9 Å². The minimum atomic E-state index is -0.314. The summed E-state index contributed by atoms with van der Waals surface area (Å²) < 4.78 is 1.52. The van der Waals surface area contributed by atoms with Crippen molar-refractivity contribution in [3.05, 3.63) is 68.2 Å². The highest BCUT2D eigenvalue weighted by Gasteiger charge is 2.14. The van der Waals surface area contributed by atoms with E-state index in [9.17, 15) is 9.59 Å². The van der Waals surface area contributed by atoms with Gasteiger partial charge in [0.15, 0.2) is 11.0 Å². The van der Waals surface area contributed by atoms with Gasteiger partial charge in [-0.15, -0.1) is 5.10 Å². The summed E-state index contributed by atoms with van der Waals surface area (Å²) in [6.07, 6.45) is 2.12. The third-order valence-corrected chi connectivity index (χ3v) is 5.80. The zero-order chi connectivity index (χ0) is 20.1. The number of aromatic nitrogens is 4. The maximum absolute atomic E-state index is 12.2. The predicted molar refractivity (Wildman–Crippen MR) is 111 cm³/mol. The van der Waals surface area contributed by atoms with Crippen LogP contribution in [0.5, 0.6) is 0 Å². The Balaban J connectivity index is 1.61. The van der Waals surface area contributed by atoms with Gasteiger partial charge in [0.05, 0.1) is 15.8 Å². The maximum atomic E-state index is 12.2. The van der Waals surface area contributed by atoms with Gasteiger partial charge in [0.2, 0.25) is 5.91 Å². The molecule has 146 valence electrons. The number of benzene rings is 1. The summed E-state index contributed by atoms with van der Waals surface area (Å²) in [4.78, 5) is 28.3. The fourth-order valence-corrected chi connectivity index (χ4v) is 3.60. The van der Waals surface area contributed by atoms with Crippen LogP contribution in [0.15, 0.2) is 46.5 Å². The average molecular weight is 438 g/mol. The molecule has 0 aliphatic heterocycles. The highest BCUT2D eigenvalue weighted by molar-refractivity contribution is 7.99. The number of halogens is 2. The molecule has 0 aliphatic carbocycles. The third-order valence-electron chi connectivity index (χ3n) is 3.98. The molecule has 0 radical (unpaired) electrons. The molecule has 0 bridgehead atoms. The number of thioether (sulfide) groups is 1. The summed E-state index contributed by atoms with van der Waals surface area (Å²) in [5, 5.41) is 10.2. The van der Waals surface area contributed by atoms with E-state index >= 15 is 0 Å². The first-order valence-corrected chi connectivity index (χ1v) is 10.1. The summed E-state index contributed by atoms with van der Waals surface area (Å²) in [7, 11) is 0. The first-order chi connectivity index (χ1) is 13.5. The number of hydrogen-bond acceptors (Lipinski definition) is 5. The molecule has 3 rings (SSSR count). The number of aryl methyl sites for hydroxylation is 1. The number of nitrogens with zero attached hydrogens (tertiary/aromatic N) is 3. The molecule has 7 nitrogen and oxygen atoms in total. The number of nitrogens with one attached hydrogen (secondary N) is 2. The zero-order valence-corrected chi connectivity index (χ0v) is 17.2. The highest BCUT2D eigenvalue weighted by atomic mass is 35.5. The molecule has 0 unspecified atom stereocenters. The Kier molecular flexibility index (Phi) is 6.77. The van der Waals surface area contributed by atoms with Gasteiger partial charge in [-0.1, -0.05) is 65.3 Å². The van der Waals surface area contributed by atoms with E-state index in [1.54, 1.807) is 6.92 Å². The maximum Gasteiger partial charge on any atom is 0.343 e. The number of hydrogen-bond donors (Lipinski definition) is 2. The topological polar surface area (TPSA) is 92.7 Å². The molecular weight excluding hydrogens is 421 g/mol. The molecule has 28 heavy (non-hydrogen) atoms. The molecule has 2 N–H and O–H groups in total. The second-order valence-corrected chi connectivity index (χ2v) is 7.66. The van der Waals surface area contributed by atoms with Crippen LogP contribution >= 0.6 is 35.0 Å². The van der Waals surface area contributed by atoms with Crippen molar-refractivity contribution in [3.8, 4) is 0 Å². The summed E-state index contributed by atoms with van der Waals surface area (Å²) in [6.45, 7) is 2.21. The van der Waals surface area contributed by atoms with Crippen LogP contribution < -0.4 is 11.0 Å². The molecule has 1 aromatic carbocycles. The molecule has 2 aromatic heterocycles. The Morgan fingerprint density at radius 1 is 1.29 bits per heavy atom. The number of anilines is 1. The molecule has 0 fully saturated rings. The fraction of sp³-hybridized carbons (Fsp3) is 0.222. The van der Waals surface area contributed by atoms with Crippen LogP contribution in [-0.2, 0) is 17.8 Å². The van der Waals surface area contributed by atoms with E-state index in [1.165, 1.54) is 10.8 Å². The minimum absolute atomic E-state index is 0.0509. The van der Waals surface area contributed by atoms with Crippen molar-refractivity contribution in [3.63, 3.8) is 0 Å². The van der Waals surface area contributed by atoms with E-state index in [0.717, 1.165) is 17.3 Å². The lowest BCUT2D eigenvalue weighted by Gasteiger charge is -2.09. The number of aromatic amines is 1. The van der Waals surface area contributed by atoms with Crippen LogP contribution in [0.1, 0.15) is 11.1 Å². The Hall–Kier alpha value is -2.29. The number of H-pyrrole nitrogens is 1. The fourth-order valence-electron chi connectivity index (χ4n) is 2.44. The zero-order valence-electron chi connectivity index (χ0n) is 14.9. The Morgan fingerprint density at radius 2 is 2.04 bits per heavy atom. The molecule has 0 saturated heterocycles. The van der Waals surface area contributed by atoms with E-state index < -0.39 is 0 Å². The van der Waals surface area contributed by atoms with Crippen molar-refractivity contribution >= 4 is 46.7 Å². The van der Waals surface area contributed by atoms with Crippen molar-refractivity contribution in [1.82, 2.24) is 19.7 Å². The van der Waals surface area contributed by atoms with E-state index in [1.807, 2.05) is 30.3 Å². The molecule has 0 saturated carbocycles. The first kappa shape index (κ1) is 20.4. The van der Waals surface area contributed by atoms with E-state index in [-0.39, 0.29) is 23.2 Å². The van der Waals surface area contributed by atoms with E-state index in [0.29, 0.717) is 33.7 Å². The third kappa shape index (κ3) is 4.95. The van der Waals surface area contributed by atoms with E-state index in [2.05, 4.69) is 20.5 Å². The number of amides is 1. The summed E-state index contributed by atoms with van der Waals surface area (Å²) >= 11 is 13.3. The monoisotopic (exact) mass is 437 g/mol. The summed E-state index contributed by atoms with van der Waals surface area (Å²) in [5.41, 5.74) is 1.45. The molecular formula is C18H17Cl2N5O2S. The van der Waals surface area contributed by atoms with Crippen LogP contribution in [0.3, 0.4) is 0 Å². The van der Waals surface area contributed by atoms with Gasteiger partial charge in [-0.2, -0.15) is 0 Å². The Morgan fingerprint density at radius 3 is 2.79 bits per heavy atom. The van der Waals surface area contributed by atoms with Crippen molar-refractivity contribution in [2.45, 2.75) is 25.0 Å². The van der Waals surface area contributed by atoms with Crippen LogP contribution in [0.25, 0.3) is 0 Å². The van der Waals surface area contributed by atoms with Crippen molar-refractivity contribution in [2.75, 3.05) is 11.1 Å². The molecule has 0 aliphatic rings. The Labute approximate surface area is 175 Å². The van der Waals surface area contributed by atoms with Crippen LogP contribution in [0.2, 0.25) is 10.0 Å². The van der Waals surface area contributed by atoms with Gasteiger partial charge < -0.3 is 5.32 Å². The van der Waals surface area contributed by atoms with Gasteiger partial charge in [-0.3, -0.25) is 9.36 Å². The number of rotatable bonds is 7. The molecule has 3 aromatic rings. The Bertz CT molecular complexity index is 1040. The summed E-state index contributed by atoms with van der Waals surface area (Å²) in [6, 6.07) is 9.83. The first-order valence-electron chi connectivity index (χ1n) is 8.38. The number of carbonyl (C=O) groups excluding carboxylic acids is 1. The van der Waals surface area contributed by atoms with Crippen molar-refractivity contribution in [2.24, 2.45) is 0 Å². The SMILES string of the molecule is Cc1c(Cl)cnc(NC(=O)CSc2n[nH]c(=O)n2CCc2ccccc2)c1Cl. The van der Waals surface area contributed by atoms with Crippen molar-refractivity contribution < 1.29 is 4.79 Å². The largest absolute Gasteiger partial charge is 0.343 e. The smallest absolute Gasteiger partial charge is 0.309 e. The normalized spacial score (nSPS) is 10.8. The molecule has 0 atom stereocenters. The molecule has 0 spiro atoms. The summed E-state index contributed by atoms with van der Waals surface area (Å²) in [5.74, 6) is -0.0150. The van der Waals surface area contributed by atoms with Crippen LogP contribution in [-0.4, -0.2) is 31.4 Å². The average Bonchev–Trinajstić information content (AvgIpc) is 3.05. The van der Waals surface area contributed by atoms with Gasteiger partial charge in [0, 0.05) is 12.7 Å². The lowest BCUT2D eigenvalue weighted by atomic mass is 10.1. The molecule has 2 heterocycles. The van der Waals surface area contributed by atoms with E-state index in [4.69, 9.17) is 23.2 Å². The predicted octanol–water partition coefficient (Wildman–Crippen LogP) is 3.56. The van der Waals surface area contributed by atoms with Gasteiger partial charge in [0.25, 0.3) is 0 Å². The van der Waals surface area contributed by atoms with Gasteiger partial charge >= 0.3 is 5.69 Å². The second kappa shape index (κ2) is 9.27. The van der Waals surface area contributed by atoms with Gasteiger partial charge in [-0.05, 0) is 24.5 Å². The van der Waals surface area contributed by atoms with Gasteiger partial charge in [0.1, 0.15) is 0 Å². The quantitative estimate of drug-likeness (QED) is 0.551. The lowest BCUT2D eigenvalue weighted by Crippen LogP contribution is -2.20. The second-order valence-electron chi connectivity index (χ2n) is 5.93. The number of pyridine rings is 1. The minimum Gasteiger partial charge on any atom is -0.309 e.